The van der Waals surface area contributed by atoms with Gasteiger partial charge in [0.1, 0.15) is 0 Å². The molecular formula is C47H56N2. The fraction of sp³-hybridized carbons (Fsp3) is 0.362. The minimum Gasteiger partial charge on any atom is -0.399 e. The van der Waals surface area contributed by atoms with Gasteiger partial charge in [-0.3, -0.25) is 0 Å². The van der Waals surface area contributed by atoms with Crippen molar-refractivity contribution < 1.29 is 0 Å². The minimum absolute atomic E-state index is 0.0593. The van der Waals surface area contributed by atoms with E-state index >= 15 is 0 Å². The van der Waals surface area contributed by atoms with Crippen molar-refractivity contribution in [2.45, 2.75) is 102 Å². The molecule has 0 atom stereocenters. The highest BCUT2D eigenvalue weighted by molar-refractivity contribution is 5.44. The number of aryl methyl sites for hydroxylation is 5. The molecule has 49 heavy (non-hydrogen) atoms. The summed E-state index contributed by atoms with van der Waals surface area (Å²) in [5.74, 6) is 0.738. The SMILES string of the molecule is CCCCCCc1ccc(CC2CCC(c3ccc(CCc4ccc(N)cc4)cc3)(c3ccc(CCc4ccc(N)cc4)cc3)CC2)cc1. The van der Waals surface area contributed by atoms with Gasteiger partial charge < -0.3 is 11.5 Å². The molecule has 0 heterocycles. The molecule has 254 valence electrons. The average molecular weight is 649 g/mol. The summed E-state index contributed by atoms with van der Waals surface area (Å²) in [6, 6.07) is 45.5. The highest BCUT2D eigenvalue weighted by Gasteiger charge is 2.38. The number of rotatable bonds is 15. The van der Waals surface area contributed by atoms with Gasteiger partial charge in [-0.25, -0.2) is 0 Å². The molecule has 0 spiro atoms. The van der Waals surface area contributed by atoms with Gasteiger partial charge in [0.05, 0.1) is 0 Å². The van der Waals surface area contributed by atoms with Crippen LogP contribution in [-0.4, -0.2) is 0 Å². The lowest BCUT2D eigenvalue weighted by Crippen LogP contribution is -2.33. The molecule has 5 aromatic carbocycles. The maximum Gasteiger partial charge on any atom is 0.0314 e. The van der Waals surface area contributed by atoms with E-state index in [1.165, 1.54) is 109 Å². The van der Waals surface area contributed by atoms with E-state index in [2.05, 4.69) is 104 Å². The lowest BCUT2D eigenvalue weighted by atomic mass is 9.62. The van der Waals surface area contributed by atoms with Crippen LogP contribution in [0.15, 0.2) is 121 Å². The van der Waals surface area contributed by atoms with E-state index in [4.69, 9.17) is 11.5 Å². The van der Waals surface area contributed by atoms with Gasteiger partial charge in [0.15, 0.2) is 0 Å². The Balaban J connectivity index is 1.14. The Morgan fingerprint density at radius 2 is 0.816 bits per heavy atom. The van der Waals surface area contributed by atoms with E-state index in [0.717, 1.165) is 43.0 Å². The number of benzene rings is 5. The topological polar surface area (TPSA) is 52.0 Å². The van der Waals surface area contributed by atoms with Crippen LogP contribution < -0.4 is 11.5 Å². The van der Waals surface area contributed by atoms with Gasteiger partial charge in [0, 0.05) is 16.8 Å². The van der Waals surface area contributed by atoms with Crippen molar-refractivity contribution >= 4 is 11.4 Å². The van der Waals surface area contributed by atoms with Gasteiger partial charge >= 0.3 is 0 Å². The summed E-state index contributed by atoms with van der Waals surface area (Å²) in [7, 11) is 0. The Bertz CT molecular complexity index is 1600. The van der Waals surface area contributed by atoms with E-state index < -0.39 is 0 Å². The quantitative estimate of drug-likeness (QED) is 0.0876. The summed E-state index contributed by atoms with van der Waals surface area (Å²) < 4.78 is 0. The molecule has 5 aromatic rings. The Hall–Kier alpha value is -4.30. The predicted octanol–water partition coefficient (Wildman–Crippen LogP) is 11.3. The van der Waals surface area contributed by atoms with Crippen molar-refractivity contribution in [1.29, 1.82) is 0 Å². The molecule has 0 unspecified atom stereocenters. The van der Waals surface area contributed by atoms with Crippen LogP contribution in [0.5, 0.6) is 0 Å². The molecule has 6 rings (SSSR count). The molecular weight excluding hydrogens is 593 g/mol. The average Bonchev–Trinajstić information content (AvgIpc) is 3.14. The van der Waals surface area contributed by atoms with Crippen molar-refractivity contribution in [2.24, 2.45) is 5.92 Å². The lowest BCUT2D eigenvalue weighted by molar-refractivity contribution is 0.264. The molecule has 2 heteroatoms. The van der Waals surface area contributed by atoms with Gasteiger partial charge in [-0.1, -0.05) is 123 Å². The zero-order valence-electron chi connectivity index (χ0n) is 29.7. The monoisotopic (exact) mass is 648 g/mol. The second-order valence-corrected chi connectivity index (χ2v) is 14.7. The van der Waals surface area contributed by atoms with Gasteiger partial charge in [-0.05, 0) is 145 Å². The maximum atomic E-state index is 5.90. The summed E-state index contributed by atoms with van der Waals surface area (Å²) in [6.07, 6.45) is 16.8. The largest absolute Gasteiger partial charge is 0.399 e. The maximum absolute atomic E-state index is 5.90. The number of hydrogen-bond acceptors (Lipinski definition) is 2. The molecule has 0 bridgehead atoms. The molecule has 4 N–H and O–H groups in total. The summed E-state index contributed by atoms with van der Waals surface area (Å²) >= 11 is 0. The van der Waals surface area contributed by atoms with Crippen molar-refractivity contribution in [3.8, 4) is 0 Å². The number of nitrogens with two attached hydrogens (primary N) is 2. The second-order valence-electron chi connectivity index (χ2n) is 14.7. The highest BCUT2D eigenvalue weighted by atomic mass is 14.5. The van der Waals surface area contributed by atoms with Crippen LogP contribution in [0.1, 0.15) is 103 Å². The van der Waals surface area contributed by atoms with Crippen LogP contribution in [0.2, 0.25) is 0 Å². The number of unbranched alkanes of at least 4 members (excludes halogenated alkanes) is 3. The third-order valence-corrected chi connectivity index (χ3v) is 11.2. The third-order valence-electron chi connectivity index (χ3n) is 11.2. The number of hydrogen-bond donors (Lipinski definition) is 2. The summed E-state index contributed by atoms with van der Waals surface area (Å²) in [4.78, 5) is 0. The Kier molecular flexibility index (Phi) is 11.9. The smallest absolute Gasteiger partial charge is 0.0314 e. The van der Waals surface area contributed by atoms with Gasteiger partial charge in [-0.2, -0.15) is 0 Å². The Morgan fingerprint density at radius 3 is 1.24 bits per heavy atom. The standard InChI is InChI=1S/C47H56N2/c1-2-3-4-5-6-36-11-13-41(14-12-36)35-42-31-33-47(34-32-42,43-23-15-37(16-24-43)7-9-39-19-27-45(48)28-20-39)44-25-17-38(18-26-44)8-10-40-21-29-46(49)30-22-40/h11-30,42H,2-10,31-35,48-49H2,1H3. The van der Waals surface area contributed by atoms with E-state index in [1.807, 2.05) is 24.3 Å². The number of anilines is 2. The third kappa shape index (κ3) is 9.44. The molecule has 0 saturated heterocycles. The molecule has 2 nitrogen and oxygen atoms in total. The van der Waals surface area contributed by atoms with Crippen LogP contribution >= 0.6 is 0 Å². The Labute approximate surface area is 296 Å². The van der Waals surface area contributed by atoms with E-state index in [-0.39, 0.29) is 5.41 Å². The fourth-order valence-corrected chi connectivity index (χ4v) is 7.98. The Morgan fingerprint density at radius 1 is 0.449 bits per heavy atom. The normalized spacial score (nSPS) is 14.6. The van der Waals surface area contributed by atoms with E-state index in [1.54, 1.807) is 0 Å². The lowest BCUT2D eigenvalue weighted by Gasteiger charge is -2.42. The minimum atomic E-state index is 0.0593. The van der Waals surface area contributed by atoms with Crippen molar-refractivity contribution in [3.05, 3.63) is 166 Å². The number of nitrogen functional groups attached to an aromatic ring is 2. The van der Waals surface area contributed by atoms with Crippen LogP contribution in [0, 0.1) is 5.92 Å². The first kappa shape index (κ1) is 34.6. The molecule has 0 aromatic heterocycles. The van der Waals surface area contributed by atoms with Crippen molar-refractivity contribution in [3.63, 3.8) is 0 Å². The van der Waals surface area contributed by atoms with Crippen LogP contribution in [0.4, 0.5) is 11.4 Å². The zero-order valence-corrected chi connectivity index (χ0v) is 29.7. The highest BCUT2D eigenvalue weighted by Crippen LogP contribution is 2.47. The predicted molar refractivity (Wildman–Crippen MR) is 210 cm³/mol. The summed E-state index contributed by atoms with van der Waals surface area (Å²) in [5.41, 5.74) is 25.0. The fourth-order valence-electron chi connectivity index (χ4n) is 7.98. The molecule has 1 aliphatic rings. The van der Waals surface area contributed by atoms with Crippen LogP contribution in [-0.2, 0) is 43.9 Å². The van der Waals surface area contributed by atoms with Crippen molar-refractivity contribution in [2.75, 3.05) is 11.5 Å². The zero-order chi connectivity index (χ0) is 33.9. The molecule has 0 amide bonds. The van der Waals surface area contributed by atoms with E-state index in [9.17, 15) is 0 Å². The first-order valence-electron chi connectivity index (χ1n) is 18.9. The molecule has 1 aliphatic carbocycles. The first-order chi connectivity index (χ1) is 24.0. The van der Waals surface area contributed by atoms with Gasteiger partial charge in [0.2, 0.25) is 0 Å². The van der Waals surface area contributed by atoms with Crippen molar-refractivity contribution in [1.82, 2.24) is 0 Å². The molecule has 1 fully saturated rings. The van der Waals surface area contributed by atoms with Gasteiger partial charge in [0.25, 0.3) is 0 Å². The van der Waals surface area contributed by atoms with Gasteiger partial charge in [-0.15, -0.1) is 0 Å². The summed E-state index contributed by atoms with van der Waals surface area (Å²) in [6.45, 7) is 2.28. The molecule has 1 saturated carbocycles. The second kappa shape index (κ2) is 16.9. The summed E-state index contributed by atoms with van der Waals surface area (Å²) in [5, 5.41) is 0. The molecule has 0 radical (unpaired) electrons. The molecule has 0 aliphatic heterocycles. The van der Waals surface area contributed by atoms with Crippen LogP contribution in [0.3, 0.4) is 0 Å². The van der Waals surface area contributed by atoms with Crippen LogP contribution in [0.25, 0.3) is 0 Å². The first-order valence-corrected chi connectivity index (χ1v) is 18.9. The van der Waals surface area contributed by atoms with E-state index in [0.29, 0.717) is 0 Å².